The van der Waals surface area contributed by atoms with Gasteiger partial charge in [0.15, 0.2) is 5.76 Å². The fraction of sp³-hybridized carbons (Fsp3) is 0.588. The van der Waals surface area contributed by atoms with E-state index in [-0.39, 0.29) is 10.8 Å². The van der Waals surface area contributed by atoms with E-state index in [0.29, 0.717) is 37.6 Å². The van der Waals surface area contributed by atoms with E-state index >= 15 is 0 Å². The molecular formula is C17H25N5O3S. The van der Waals surface area contributed by atoms with E-state index in [1.807, 2.05) is 13.0 Å². The zero-order valence-electron chi connectivity index (χ0n) is 15.9. The largest absolute Gasteiger partial charge is 0.360 e. The lowest BCUT2D eigenvalue weighted by atomic mass is 10.2. The maximum absolute atomic E-state index is 12.9. The lowest BCUT2D eigenvalue weighted by Crippen LogP contribution is -2.49. The predicted molar refractivity (Wildman–Crippen MR) is 97.8 cm³/mol. The molecule has 0 spiro atoms. The Labute approximate surface area is 154 Å². The van der Waals surface area contributed by atoms with Crippen molar-refractivity contribution in [2.75, 3.05) is 31.1 Å². The Morgan fingerprint density at radius 2 is 1.73 bits per heavy atom. The molecule has 1 saturated heterocycles. The molecular weight excluding hydrogens is 354 g/mol. The first kappa shape index (κ1) is 18.8. The van der Waals surface area contributed by atoms with Crippen molar-refractivity contribution in [3.05, 3.63) is 29.0 Å². The summed E-state index contributed by atoms with van der Waals surface area (Å²) in [4.78, 5) is 11.4. The number of rotatable bonds is 4. The lowest BCUT2D eigenvalue weighted by Gasteiger charge is -2.34. The van der Waals surface area contributed by atoms with Gasteiger partial charge in [-0.1, -0.05) is 19.0 Å². The number of hydrogen-bond acceptors (Lipinski definition) is 7. The molecule has 2 aromatic heterocycles. The zero-order chi connectivity index (χ0) is 19.1. The van der Waals surface area contributed by atoms with E-state index in [0.717, 1.165) is 17.3 Å². The Morgan fingerprint density at radius 3 is 2.27 bits per heavy atom. The van der Waals surface area contributed by atoms with Crippen molar-refractivity contribution in [2.24, 2.45) is 0 Å². The van der Waals surface area contributed by atoms with Gasteiger partial charge in [0.2, 0.25) is 10.0 Å². The van der Waals surface area contributed by atoms with Gasteiger partial charge in [0.1, 0.15) is 22.2 Å². The monoisotopic (exact) mass is 379 g/mol. The summed E-state index contributed by atoms with van der Waals surface area (Å²) in [6.07, 6.45) is 0. The average Bonchev–Trinajstić information content (AvgIpc) is 2.93. The van der Waals surface area contributed by atoms with Gasteiger partial charge in [-0.2, -0.15) is 4.31 Å². The third kappa shape index (κ3) is 3.45. The highest BCUT2D eigenvalue weighted by atomic mass is 32.2. The van der Waals surface area contributed by atoms with Crippen molar-refractivity contribution in [1.29, 1.82) is 0 Å². The van der Waals surface area contributed by atoms with Crippen molar-refractivity contribution in [3.8, 4) is 0 Å². The second-order valence-electron chi connectivity index (χ2n) is 6.92. The number of sulfonamides is 1. The molecule has 26 heavy (non-hydrogen) atoms. The maximum Gasteiger partial charge on any atom is 0.248 e. The molecule has 0 N–H and O–H groups in total. The molecule has 3 rings (SSSR count). The maximum atomic E-state index is 12.9. The summed E-state index contributed by atoms with van der Waals surface area (Å²) in [6.45, 7) is 11.3. The van der Waals surface area contributed by atoms with Gasteiger partial charge >= 0.3 is 0 Å². The number of anilines is 1. The Balaban J connectivity index is 1.78. The summed E-state index contributed by atoms with van der Waals surface area (Å²) in [5, 5.41) is 3.77. The molecule has 0 aliphatic carbocycles. The normalized spacial score (nSPS) is 16.5. The standard InChI is InChI=1S/C17H25N5O3S/c1-11(2)17-18-12(3)10-15(19-17)21-6-8-22(9-7-21)26(23,24)16-13(4)20-25-14(16)5/h10-11H,6-9H2,1-5H3. The molecule has 0 atom stereocenters. The van der Waals surface area contributed by atoms with Crippen LogP contribution in [-0.4, -0.2) is 54.0 Å². The van der Waals surface area contributed by atoms with Crippen LogP contribution < -0.4 is 4.90 Å². The third-order valence-electron chi connectivity index (χ3n) is 4.50. The van der Waals surface area contributed by atoms with Gasteiger partial charge in [0.25, 0.3) is 0 Å². The summed E-state index contributed by atoms with van der Waals surface area (Å²) >= 11 is 0. The molecule has 1 fully saturated rings. The molecule has 0 amide bonds. The average molecular weight is 379 g/mol. The third-order valence-corrected chi connectivity index (χ3v) is 6.65. The highest BCUT2D eigenvalue weighted by Gasteiger charge is 2.33. The fourth-order valence-electron chi connectivity index (χ4n) is 3.12. The fourth-order valence-corrected chi connectivity index (χ4v) is 4.84. The zero-order valence-corrected chi connectivity index (χ0v) is 16.7. The van der Waals surface area contributed by atoms with Crippen LogP contribution in [0.5, 0.6) is 0 Å². The van der Waals surface area contributed by atoms with Crippen LogP contribution in [0.3, 0.4) is 0 Å². The molecule has 3 heterocycles. The number of aromatic nitrogens is 3. The van der Waals surface area contributed by atoms with Gasteiger partial charge in [-0.25, -0.2) is 18.4 Å². The van der Waals surface area contributed by atoms with Gasteiger partial charge in [-0.3, -0.25) is 0 Å². The Morgan fingerprint density at radius 1 is 1.08 bits per heavy atom. The van der Waals surface area contributed by atoms with E-state index < -0.39 is 10.0 Å². The summed E-state index contributed by atoms with van der Waals surface area (Å²) in [6, 6.07) is 1.95. The van der Waals surface area contributed by atoms with Crippen LogP contribution in [0.15, 0.2) is 15.5 Å². The van der Waals surface area contributed by atoms with E-state index in [4.69, 9.17) is 4.52 Å². The Kier molecular flexibility index (Phi) is 5.03. The molecule has 9 heteroatoms. The molecule has 1 aliphatic heterocycles. The van der Waals surface area contributed by atoms with Crippen LogP contribution in [-0.2, 0) is 10.0 Å². The van der Waals surface area contributed by atoms with Crippen LogP contribution >= 0.6 is 0 Å². The minimum absolute atomic E-state index is 0.186. The van der Waals surface area contributed by atoms with Gasteiger partial charge in [0, 0.05) is 43.9 Å². The lowest BCUT2D eigenvalue weighted by molar-refractivity contribution is 0.377. The van der Waals surface area contributed by atoms with Crippen molar-refractivity contribution >= 4 is 15.8 Å². The quantitative estimate of drug-likeness (QED) is 0.802. The predicted octanol–water partition coefficient (Wildman–Crippen LogP) is 2.02. The SMILES string of the molecule is Cc1cc(N2CCN(S(=O)(=O)c3c(C)noc3C)CC2)nc(C(C)C)n1. The van der Waals surface area contributed by atoms with E-state index in [1.54, 1.807) is 13.8 Å². The van der Waals surface area contributed by atoms with Gasteiger partial charge in [-0.05, 0) is 20.8 Å². The van der Waals surface area contributed by atoms with E-state index in [1.165, 1.54) is 4.31 Å². The molecule has 0 bridgehead atoms. The second-order valence-corrected chi connectivity index (χ2v) is 8.80. The summed E-state index contributed by atoms with van der Waals surface area (Å²) < 4.78 is 32.3. The van der Waals surface area contributed by atoms with Crippen LogP contribution in [0, 0.1) is 20.8 Å². The number of hydrogen-bond donors (Lipinski definition) is 0. The second kappa shape index (κ2) is 6.96. The first-order valence-electron chi connectivity index (χ1n) is 8.73. The molecule has 1 aliphatic rings. The summed E-state index contributed by atoms with van der Waals surface area (Å²) in [5.41, 5.74) is 1.32. The smallest absolute Gasteiger partial charge is 0.248 e. The van der Waals surface area contributed by atoms with Gasteiger partial charge < -0.3 is 9.42 Å². The van der Waals surface area contributed by atoms with Crippen LogP contribution in [0.1, 0.15) is 42.7 Å². The molecule has 2 aromatic rings. The molecule has 0 aromatic carbocycles. The van der Waals surface area contributed by atoms with Crippen molar-refractivity contribution in [1.82, 2.24) is 19.4 Å². The Hall–Kier alpha value is -2.00. The highest BCUT2D eigenvalue weighted by Crippen LogP contribution is 2.25. The van der Waals surface area contributed by atoms with E-state index in [9.17, 15) is 8.42 Å². The van der Waals surface area contributed by atoms with Crippen molar-refractivity contribution in [3.63, 3.8) is 0 Å². The van der Waals surface area contributed by atoms with Crippen LogP contribution in [0.2, 0.25) is 0 Å². The number of piperazine rings is 1. The molecule has 0 radical (unpaired) electrons. The molecule has 0 unspecified atom stereocenters. The topological polar surface area (TPSA) is 92.4 Å². The highest BCUT2D eigenvalue weighted by molar-refractivity contribution is 7.89. The minimum Gasteiger partial charge on any atom is -0.360 e. The van der Waals surface area contributed by atoms with Crippen molar-refractivity contribution in [2.45, 2.75) is 45.4 Å². The summed E-state index contributed by atoms with van der Waals surface area (Å²) in [5.74, 6) is 2.24. The Bertz CT molecular complexity index is 880. The first-order chi connectivity index (χ1) is 12.2. The number of aryl methyl sites for hydroxylation is 3. The van der Waals surface area contributed by atoms with Gasteiger partial charge in [-0.15, -0.1) is 0 Å². The number of nitrogens with zero attached hydrogens (tertiary/aromatic N) is 5. The summed E-state index contributed by atoms with van der Waals surface area (Å²) in [7, 11) is -3.60. The van der Waals surface area contributed by atoms with Gasteiger partial charge in [0.05, 0.1) is 0 Å². The first-order valence-corrected chi connectivity index (χ1v) is 10.2. The van der Waals surface area contributed by atoms with Crippen molar-refractivity contribution < 1.29 is 12.9 Å². The van der Waals surface area contributed by atoms with E-state index in [2.05, 4.69) is 33.9 Å². The molecule has 8 nitrogen and oxygen atoms in total. The molecule has 0 saturated carbocycles. The van der Waals surface area contributed by atoms with Crippen LogP contribution in [0.4, 0.5) is 5.82 Å². The minimum atomic E-state index is -3.60. The molecule has 142 valence electrons. The van der Waals surface area contributed by atoms with Crippen LogP contribution in [0.25, 0.3) is 0 Å².